The monoisotopic (exact) mass is 791 g/mol. The number of carbonyl (C=O) groups excluding carboxylic acids is 5. The van der Waals surface area contributed by atoms with Crippen molar-refractivity contribution in [2.75, 3.05) is 27.9 Å². The van der Waals surface area contributed by atoms with Crippen molar-refractivity contribution in [2.24, 2.45) is 29.6 Å². The van der Waals surface area contributed by atoms with Crippen LogP contribution >= 0.6 is 0 Å². The first-order chi connectivity index (χ1) is 26.5. The highest BCUT2D eigenvalue weighted by Crippen LogP contribution is 2.33. The second-order valence-corrected chi connectivity index (χ2v) is 16.7. The van der Waals surface area contributed by atoms with Crippen LogP contribution in [-0.2, 0) is 42.9 Å². The molecule has 0 aromatic heterocycles. The van der Waals surface area contributed by atoms with Crippen molar-refractivity contribution in [2.45, 2.75) is 161 Å². The number of piperidine rings is 1. The molecule has 318 valence electrons. The number of fused-ring (bicyclic) bond motifs is 1. The lowest BCUT2D eigenvalue weighted by atomic mass is 9.81. The zero-order valence-electron chi connectivity index (χ0n) is 35.1. The molecule has 2 heterocycles. The average molecular weight is 792 g/mol. The lowest BCUT2D eigenvalue weighted by Gasteiger charge is -2.36. The predicted molar refractivity (Wildman–Crippen MR) is 209 cm³/mol. The number of rotatable bonds is 6. The first kappa shape index (κ1) is 47.6. The summed E-state index contributed by atoms with van der Waals surface area (Å²) in [6.45, 7) is 11.0. The van der Waals surface area contributed by atoms with Crippen molar-refractivity contribution in [1.82, 2.24) is 4.90 Å². The molecule has 2 aliphatic heterocycles. The number of aliphatic hydroxyl groups is 3. The van der Waals surface area contributed by atoms with Crippen molar-refractivity contribution < 1.29 is 58.2 Å². The summed E-state index contributed by atoms with van der Waals surface area (Å²) in [7, 11) is 4.44. The molecule has 13 atom stereocenters. The SMILES string of the molecule is CC[C@@H]1/C=C(\C)C[C@H](C)C[C@H](OC)[C@@H](O)[C@@H](OC)C[C@H](C)C(=O)C(=O)C(=O)N2CCCC[C@H]2C(=O)O[C@H](/C(C)=C/[C@@H]2CC[C@@H](O)[C@H](OC)C2)[C@H](C)[C@@H](O)CC1=O. The molecule has 3 N–H and O–H groups in total. The second kappa shape index (κ2) is 22.4. The van der Waals surface area contributed by atoms with Gasteiger partial charge in [0.25, 0.3) is 11.7 Å². The molecular formula is C43H69NO12. The van der Waals surface area contributed by atoms with Gasteiger partial charge in [-0.15, -0.1) is 0 Å². The Morgan fingerprint density at radius 1 is 0.857 bits per heavy atom. The van der Waals surface area contributed by atoms with E-state index in [9.17, 15) is 39.3 Å². The average Bonchev–Trinajstić information content (AvgIpc) is 3.18. The first-order valence-electron chi connectivity index (χ1n) is 20.6. The van der Waals surface area contributed by atoms with Gasteiger partial charge >= 0.3 is 5.97 Å². The molecule has 1 saturated heterocycles. The van der Waals surface area contributed by atoms with Crippen molar-refractivity contribution in [3.63, 3.8) is 0 Å². The third-order valence-electron chi connectivity index (χ3n) is 12.3. The van der Waals surface area contributed by atoms with Crippen molar-refractivity contribution in [3.05, 3.63) is 23.3 Å². The molecule has 0 radical (unpaired) electrons. The van der Waals surface area contributed by atoms with Gasteiger partial charge in [0.05, 0.1) is 30.5 Å². The summed E-state index contributed by atoms with van der Waals surface area (Å²) in [6, 6.07) is -1.15. The Bertz CT molecular complexity index is 1410. The van der Waals surface area contributed by atoms with Gasteiger partial charge in [0, 0.05) is 52.0 Å². The van der Waals surface area contributed by atoms with E-state index in [4.69, 9.17) is 18.9 Å². The van der Waals surface area contributed by atoms with Gasteiger partial charge in [-0.05, 0) is 95.5 Å². The maximum Gasteiger partial charge on any atom is 0.329 e. The van der Waals surface area contributed by atoms with E-state index < -0.39 is 83.9 Å². The van der Waals surface area contributed by atoms with Crippen LogP contribution in [0.4, 0.5) is 0 Å². The maximum atomic E-state index is 14.1. The molecular weight excluding hydrogens is 722 g/mol. The number of methoxy groups -OCH3 is 3. The molecule has 13 heteroatoms. The summed E-state index contributed by atoms with van der Waals surface area (Å²) in [5.74, 6) is -6.38. The minimum absolute atomic E-state index is 0.0112. The zero-order chi connectivity index (χ0) is 41.9. The summed E-state index contributed by atoms with van der Waals surface area (Å²) in [5, 5.41) is 33.3. The molecule has 0 unspecified atom stereocenters. The number of hydrogen-bond acceptors (Lipinski definition) is 12. The Morgan fingerprint density at radius 3 is 2.12 bits per heavy atom. The number of hydrogen-bond donors (Lipinski definition) is 3. The number of amides is 1. The number of nitrogens with zero attached hydrogens (tertiary/aromatic N) is 1. The molecule has 0 aromatic rings. The first-order valence-corrected chi connectivity index (χ1v) is 20.6. The summed E-state index contributed by atoms with van der Waals surface area (Å²) in [5.41, 5.74) is 1.62. The van der Waals surface area contributed by atoms with Crippen LogP contribution in [0, 0.1) is 29.6 Å². The smallest absolute Gasteiger partial charge is 0.329 e. The fraction of sp³-hybridized carbons (Fsp3) is 0.791. The molecule has 2 fully saturated rings. The summed E-state index contributed by atoms with van der Waals surface area (Å²) >= 11 is 0. The zero-order valence-corrected chi connectivity index (χ0v) is 35.1. The van der Waals surface area contributed by atoms with Gasteiger partial charge in [0.2, 0.25) is 5.78 Å². The van der Waals surface area contributed by atoms with E-state index in [0.717, 1.165) is 10.5 Å². The van der Waals surface area contributed by atoms with Crippen molar-refractivity contribution >= 4 is 29.2 Å². The van der Waals surface area contributed by atoms with E-state index in [2.05, 4.69) is 0 Å². The third-order valence-corrected chi connectivity index (χ3v) is 12.3. The number of ether oxygens (including phenoxy) is 4. The van der Waals surface area contributed by atoms with Gasteiger partial charge in [0.1, 0.15) is 24.0 Å². The summed E-state index contributed by atoms with van der Waals surface area (Å²) in [6.07, 6.45) is 2.49. The van der Waals surface area contributed by atoms with Crippen LogP contribution in [-0.4, -0.2) is 126 Å². The standard InChI is InChI=1S/C43H69NO12/c1-10-30-18-24(2)17-25(3)19-36(54-8)39(49)37(55-9)21-26(4)38(48)40(50)42(51)44-16-12-11-13-31(44)43(52)56-41(28(6)33(46)23-34(30)47)27(5)20-29-14-15-32(45)35(22-29)53-7/h18,20,25-26,28-33,35-37,39,41,45-46,49H,10-17,19,21-23H2,1-9H3/b24-18+,27-20+/t25-,26-,28+,29-,30+,31-,32+,33-,35+,36-,37-,39+,41+/m0/s1. The van der Waals surface area contributed by atoms with Crippen LogP contribution in [0.25, 0.3) is 0 Å². The Labute approximate surface area is 333 Å². The summed E-state index contributed by atoms with van der Waals surface area (Å²) < 4.78 is 23.0. The highest BCUT2D eigenvalue weighted by Gasteiger charge is 2.42. The molecule has 56 heavy (non-hydrogen) atoms. The van der Waals surface area contributed by atoms with E-state index in [-0.39, 0.29) is 49.5 Å². The maximum absolute atomic E-state index is 14.1. The number of ketones is 3. The van der Waals surface area contributed by atoms with Gasteiger partial charge in [0.15, 0.2) is 0 Å². The second-order valence-electron chi connectivity index (χ2n) is 16.7. The van der Waals surface area contributed by atoms with Gasteiger partial charge < -0.3 is 39.2 Å². The molecule has 1 aliphatic carbocycles. The molecule has 0 bridgehead atoms. The van der Waals surface area contributed by atoms with Crippen LogP contribution in [0.3, 0.4) is 0 Å². The fourth-order valence-electron chi connectivity index (χ4n) is 8.78. The number of aliphatic hydroxyl groups excluding tert-OH is 3. The lowest BCUT2D eigenvalue weighted by molar-refractivity contribution is -0.165. The van der Waals surface area contributed by atoms with Crippen molar-refractivity contribution in [1.29, 1.82) is 0 Å². The fourth-order valence-corrected chi connectivity index (χ4v) is 8.78. The number of carbonyl (C=O) groups is 5. The van der Waals surface area contributed by atoms with Gasteiger partial charge in [-0.25, -0.2) is 4.79 Å². The molecule has 1 amide bonds. The van der Waals surface area contributed by atoms with Gasteiger partial charge in [-0.1, -0.05) is 45.4 Å². The highest BCUT2D eigenvalue weighted by molar-refractivity contribution is 6.63. The Hall–Kier alpha value is -2.81. The minimum Gasteiger partial charge on any atom is -0.456 e. The molecule has 0 spiro atoms. The van der Waals surface area contributed by atoms with E-state index >= 15 is 0 Å². The van der Waals surface area contributed by atoms with Crippen LogP contribution in [0.1, 0.15) is 112 Å². The lowest BCUT2D eigenvalue weighted by Crippen LogP contribution is -2.53. The number of cyclic esters (lactones) is 1. The Morgan fingerprint density at radius 2 is 1.50 bits per heavy atom. The number of Topliss-reactive ketones (excluding diaryl/α,β-unsaturated/α-hetero) is 3. The molecule has 3 aliphatic rings. The van der Waals surface area contributed by atoms with Crippen LogP contribution in [0.15, 0.2) is 23.3 Å². The van der Waals surface area contributed by atoms with Gasteiger partial charge in [-0.2, -0.15) is 0 Å². The Balaban J connectivity index is 2.05. The Kier molecular flexibility index (Phi) is 19.0. The minimum atomic E-state index is -1.26. The number of allylic oxidation sites excluding steroid dienone is 3. The number of esters is 1. The molecule has 13 nitrogen and oxygen atoms in total. The molecule has 0 aromatic carbocycles. The molecule has 3 rings (SSSR count). The van der Waals surface area contributed by atoms with Gasteiger partial charge in [-0.3, -0.25) is 19.2 Å². The largest absolute Gasteiger partial charge is 0.456 e. The van der Waals surface area contributed by atoms with Crippen LogP contribution in [0.5, 0.6) is 0 Å². The molecule has 1 saturated carbocycles. The van der Waals surface area contributed by atoms with E-state index in [1.807, 2.05) is 32.9 Å². The van der Waals surface area contributed by atoms with E-state index in [1.54, 1.807) is 21.0 Å². The van der Waals surface area contributed by atoms with E-state index in [0.29, 0.717) is 56.9 Å². The summed E-state index contributed by atoms with van der Waals surface area (Å²) in [4.78, 5) is 69.7. The van der Waals surface area contributed by atoms with Crippen LogP contribution < -0.4 is 0 Å². The van der Waals surface area contributed by atoms with Crippen LogP contribution in [0.2, 0.25) is 0 Å². The predicted octanol–water partition coefficient (Wildman–Crippen LogP) is 4.32. The quantitative estimate of drug-likeness (QED) is 0.197. The third kappa shape index (κ3) is 12.6. The highest BCUT2D eigenvalue weighted by atomic mass is 16.5. The van der Waals surface area contributed by atoms with Crippen molar-refractivity contribution in [3.8, 4) is 0 Å². The van der Waals surface area contributed by atoms with E-state index in [1.165, 1.54) is 21.1 Å². The topological polar surface area (TPSA) is 186 Å². The normalized spacial score (nSPS) is 38.4.